The number of nitrogens with zero attached hydrogens (tertiary/aromatic N) is 2. The van der Waals surface area contributed by atoms with Gasteiger partial charge in [0.25, 0.3) is 5.91 Å². The summed E-state index contributed by atoms with van der Waals surface area (Å²) in [5.74, 6) is -0.239. The molecule has 0 aliphatic rings. The van der Waals surface area contributed by atoms with Crippen LogP contribution in [0.4, 0.5) is 0 Å². The topological polar surface area (TPSA) is 81.6 Å². The molecule has 17 heavy (non-hydrogen) atoms. The summed E-state index contributed by atoms with van der Waals surface area (Å²) in [4.78, 5) is 18.7. The molecule has 2 rings (SSSR count). The molecule has 2 N–H and O–H groups in total. The van der Waals surface area contributed by atoms with Gasteiger partial charge in [-0.2, -0.15) is 5.26 Å². The molecule has 0 fully saturated rings. The van der Waals surface area contributed by atoms with Gasteiger partial charge >= 0.3 is 0 Å². The van der Waals surface area contributed by atoms with Gasteiger partial charge in [0.15, 0.2) is 0 Å². The average molecular weight is 246 g/mol. The van der Waals surface area contributed by atoms with Crippen molar-refractivity contribution in [2.75, 3.05) is 0 Å². The van der Waals surface area contributed by atoms with Gasteiger partial charge in [-0.05, 0) is 13.0 Å². The van der Waals surface area contributed by atoms with Crippen molar-refractivity contribution in [3.05, 3.63) is 39.6 Å². The smallest absolute Gasteiger partial charge is 0.268 e. The fourth-order valence-corrected chi connectivity index (χ4v) is 1.96. The van der Waals surface area contributed by atoms with Crippen LogP contribution in [0.25, 0.3) is 0 Å². The van der Waals surface area contributed by atoms with Crippen molar-refractivity contribution in [1.82, 2.24) is 15.3 Å². The number of hydrogen-bond acceptors (Lipinski definition) is 4. The number of amides is 1. The predicted molar refractivity (Wildman–Crippen MR) is 63.5 cm³/mol. The highest BCUT2D eigenvalue weighted by atomic mass is 32.1. The molecule has 0 spiro atoms. The molecule has 0 aliphatic carbocycles. The Morgan fingerprint density at radius 1 is 1.71 bits per heavy atom. The molecule has 86 valence electrons. The first-order chi connectivity index (χ1) is 8.19. The number of carbonyl (C=O) groups is 1. The second kappa shape index (κ2) is 4.80. The molecule has 0 bridgehead atoms. The Bertz CT molecular complexity index is 578. The zero-order chi connectivity index (χ0) is 12.3. The molecule has 0 atom stereocenters. The second-order valence-corrected chi connectivity index (χ2v) is 4.52. The number of aryl methyl sites for hydroxylation is 1. The lowest BCUT2D eigenvalue weighted by Gasteiger charge is -2.00. The van der Waals surface area contributed by atoms with Gasteiger partial charge in [0, 0.05) is 11.6 Å². The first kappa shape index (κ1) is 11.4. The second-order valence-electron chi connectivity index (χ2n) is 3.45. The van der Waals surface area contributed by atoms with E-state index in [1.807, 2.05) is 18.4 Å². The molecule has 0 saturated heterocycles. The third-order valence-electron chi connectivity index (χ3n) is 2.15. The summed E-state index contributed by atoms with van der Waals surface area (Å²) in [5, 5.41) is 14.2. The van der Waals surface area contributed by atoms with E-state index in [0.717, 1.165) is 10.7 Å². The number of hydrogen-bond donors (Lipinski definition) is 2. The van der Waals surface area contributed by atoms with Crippen molar-refractivity contribution in [3.8, 4) is 6.07 Å². The Hall–Kier alpha value is -2.13. The Morgan fingerprint density at radius 2 is 2.53 bits per heavy atom. The predicted octanol–water partition coefficient (Wildman–Crippen LogP) is 1.58. The van der Waals surface area contributed by atoms with Crippen LogP contribution in [-0.4, -0.2) is 15.9 Å². The minimum Gasteiger partial charge on any atom is -0.356 e. The zero-order valence-corrected chi connectivity index (χ0v) is 9.97. The quantitative estimate of drug-likeness (QED) is 0.862. The highest BCUT2D eigenvalue weighted by molar-refractivity contribution is 7.09. The van der Waals surface area contributed by atoms with Gasteiger partial charge in [0.2, 0.25) is 0 Å². The van der Waals surface area contributed by atoms with E-state index in [0.29, 0.717) is 17.8 Å². The number of carbonyl (C=O) groups excluding carboxylic acids is 1. The van der Waals surface area contributed by atoms with E-state index in [-0.39, 0.29) is 5.91 Å². The summed E-state index contributed by atoms with van der Waals surface area (Å²) in [5.41, 5.74) is 1.67. The van der Waals surface area contributed by atoms with Crippen LogP contribution in [-0.2, 0) is 6.54 Å². The van der Waals surface area contributed by atoms with Crippen molar-refractivity contribution >= 4 is 17.2 Å². The molecule has 0 radical (unpaired) electrons. The van der Waals surface area contributed by atoms with Gasteiger partial charge in [-0.15, -0.1) is 11.3 Å². The minimum absolute atomic E-state index is 0.239. The molecule has 0 aromatic carbocycles. The maximum absolute atomic E-state index is 11.7. The molecule has 0 unspecified atom stereocenters. The van der Waals surface area contributed by atoms with E-state index in [4.69, 9.17) is 5.26 Å². The number of H-pyrrole nitrogens is 1. The van der Waals surface area contributed by atoms with Crippen molar-refractivity contribution < 1.29 is 4.79 Å². The molecule has 2 aromatic heterocycles. The lowest BCUT2D eigenvalue weighted by molar-refractivity contribution is 0.0946. The highest BCUT2D eigenvalue weighted by Gasteiger charge is 2.08. The minimum atomic E-state index is -0.239. The SMILES string of the molecule is Cc1nc(CNC(=O)c2cc(C#N)c[nH]2)cs1. The molecule has 5 nitrogen and oxygen atoms in total. The Kier molecular flexibility index (Phi) is 3.21. The zero-order valence-electron chi connectivity index (χ0n) is 9.15. The van der Waals surface area contributed by atoms with Crippen molar-refractivity contribution in [1.29, 1.82) is 5.26 Å². The average Bonchev–Trinajstić information content (AvgIpc) is 2.94. The number of nitrogens with one attached hydrogen (secondary N) is 2. The first-order valence-corrected chi connectivity index (χ1v) is 5.84. The number of aromatic nitrogens is 2. The third-order valence-corrected chi connectivity index (χ3v) is 2.98. The highest BCUT2D eigenvalue weighted by Crippen LogP contribution is 2.08. The van der Waals surface area contributed by atoms with Crippen LogP contribution in [0.15, 0.2) is 17.6 Å². The van der Waals surface area contributed by atoms with Crippen molar-refractivity contribution in [2.45, 2.75) is 13.5 Å². The summed E-state index contributed by atoms with van der Waals surface area (Å²) >= 11 is 1.55. The molecular weight excluding hydrogens is 236 g/mol. The van der Waals surface area contributed by atoms with E-state index < -0.39 is 0 Å². The first-order valence-electron chi connectivity index (χ1n) is 4.97. The summed E-state index contributed by atoms with van der Waals surface area (Å²) in [6.45, 7) is 2.31. The maximum atomic E-state index is 11.7. The van der Waals surface area contributed by atoms with Crippen LogP contribution in [0, 0.1) is 18.3 Å². The largest absolute Gasteiger partial charge is 0.356 e. The lowest BCUT2D eigenvalue weighted by atomic mass is 10.3. The van der Waals surface area contributed by atoms with E-state index in [2.05, 4.69) is 15.3 Å². The van der Waals surface area contributed by atoms with Crippen LogP contribution < -0.4 is 5.32 Å². The normalized spacial score (nSPS) is 9.88. The van der Waals surface area contributed by atoms with E-state index in [1.54, 1.807) is 11.3 Å². The fraction of sp³-hybridized carbons (Fsp3) is 0.182. The van der Waals surface area contributed by atoms with E-state index in [9.17, 15) is 4.79 Å². The molecule has 2 aromatic rings. The lowest BCUT2D eigenvalue weighted by Crippen LogP contribution is -2.23. The van der Waals surface area contributed by atoms with Crippen molar-refractivity contribution in [2.24, 2.45) is 0 Å². The Balaban J connectivity index is 1.96. The van der Waals surface area contributed by atoms with Crippen LogP contribution >= 0.6 is 11.3 Å². The van der Waals surface area contributed by atoms with Gasteiger partial charge in [-0.1, -0.05) is 0 Å². The third kappa shape index (κ3) is 2.71. The van der Waals surface area contributed by atoms with Gasteiger partial charge in [-0.25, -0.2) is 4.98 Å². The number of aromatic amines is 1. The van der Waals surface area contributed by atoms with Crippen molar-refractivity contribution in [3.63, 3.8) is 0 Å². The number of thiazole rings is 1. The van der Waals surface area contributed by atoms with E-state index in [1.165, 1.54) is 12.3 Å². The number of nitriles is 1. The molecule has 0 aliphatic heterocycles. The van der Waals surface area contributed by atoms with Gasteiger partial charge in [-0.3, -0.25) is 4.79 Å². The van der Waals surface area contributed by atoms with Gasteiger partial charge in [0.1, 0.15) is 11.8 Å². The molecule has 6 heteroatoms. The van der Waals surface area contributed by atoms with Crippen LogP contribution in [0.2, 0.25) is 0 Å². The van der Waals surface area contributed by atoms with Crippen LogP contribution in [0.3, 0.4) is 0 Å². The van der Waals surface area contributed by atoms with Crippen LogP contribution in [0.5, 0.6) is 0 Å². The van der Waals surface area contributed by atoms with Gasteiger partial charge in [0.05, 0.1) is 22.8 Å². The molecular formula is C11H10N4OS. The monoisotopic (exact) mass is 246 g/mol. The summed E-state index contributed by atoms with van der Waals surface area (Å²) in [6.07, 6.45) is 1.50. The summed E-state index contributed by atoms with van der Waals surface area (Å²) in [6, 6.07) is 3.47. The molecule has 2 heterocycles. The molecule has 0 saturated carbocycles. The van der Waals surface area contributed by atoms with Gasteiger partial charge < -0.3 is 10.3 Å². The number of rotatable bonds is 3. The standard InChI is InChI=1S/C11H10N4OS/c1-7-15-9(6-17-7)5-14-11(16)10-2-8(3-12)4-13-10/h2,4,6,13H,5H2,1H3,(H,14,16). The summed E-state index contributed by atoms with van der Waals surface area (Å²) < 4.78 is 0. The summed E-state index contributed by atoms with van der Waals surface area (Å²) in [7, 11) is 0. The maximum Gasteiger partial charge on any atom is 0.268 e. The van der Waals surface area contributed by atoms with Crippen LogP contribution in [0.1, 0.15) is 26.8 Å². The Labute approximate surface area is 102 Å². The molecule has 1 amide bonds. The van der Waals surface area contributed by atoms with E-state index >= 15 is 0 Å². The Morgan fingerprint density at radius 3 is 3.12 bits per heavy atom. The fourth-order valence-electron chi connectivity index (χ4n) is 1.35.